The monoisotopic (exact) mass is 344 g/mol. The lowest BCUT2D eigenvalue weighted by Gasteiger charge is -2.33. The third kappa shape index (κ3) is 3.29. The van der Waals surface area contributed by atoms with Crippen molar-refractivity contribution in [3.05, 3.63) is 28.8 Å². The van der Waals surface area contributed by atoms with Gasteiger partial charge in [0, 0.05) is 32.2 Å². The molecule has 1 fully saturated rings. The molecule has 1 aromatic carbocycles. The van der Waals surface area contributed by atoms with Gasteiger partial charge in [0.05, 0.1) is 5.02 Å². The van der Waals surface area contributed by atoms with Gasteiger partial charge in [0.2, 0.25) is 10.0 Å². The van der Waals surface area contributed by atoms with E-state index in [1.165, 1.54) is 26.2 Å². The second-order valence-electron chi connectivity index (χ2n) is 5.78. The third-order valence-corrected chi connectivity index (χ3v) is 6.30. The van der Waals surface area contributed by atoms with Crippen molar-refractivity contribution in [2.75, 3.05) is 20.6 Å². The van der Waals surface area contributed by atoms with Crippen LogP contribution in [0.15, 0.2) is 23.1 Å². The van der Waals surface area contributed by atoms with Gasteiger partial charge in [-0.2, -0.15) is 0 Å². The summed E-state index contributed by atoms with van der Waals surface area (Å²) in [6, 6.07) is 4.60. The molecule has 0 N–H and O–H groups in total. The number of amides is 1. The number of carbonyl (C=O) groups excluding carboxylic acids is 1. The summed E-state index contributed by atoms with van der Waals surface area (Å²) in [5.41, 5.74) is 0.360. The van der Waals surface area contributed by atoms with Gasteiger partial charge in [-0.3, -0.25) is 4.79 Å². The summed E-state index contributed by atoms with van der Waals surface area (Å²) in [5, 5.41) is 0.122. The summed E-state index contributed by atoms with van der Waals surface area (Å²) < 4.78 is 25.7. The van der Waals surface area contributed by atoms with E-state index in [0.29, 0.717) is 12.1 Å². The molecule has 5 nitrogen and oxygen atoms in total. The fourth-order valence-electron chi connectivity index (χ4n) is 2.60. The van der Waals surface area contributed by atoms with Crippen LogP contribution in [0.25, 0.3) is 0 Å². The van der Waals surface area contributed by atoms with Crippen LogP contribution in [0.1, 0.15) is 36.5 Å². The lowest BCUT2D eigenvalue weighted by atomic mass is 10.0. The topological polar surface area (TPSA) is 57.7 Å². The maximum atomic E-state index is 12.6. The lowest BCUT2D eigenvalue weighted by molar-refractivity contribution is 0.0635. The number of piperidine rings is 1. The number of carbonyl (C=O) groups is 1. The first-order valence-electron chi connectivity index (χ1n) is 7.28. The van der Waals surface area contributed by atoms with Crippen molar-refractivity contribution in [3.63, 3.8) is 0 Å². The zero-order valence-electron chi connectivity index (χ0n) is 13.0. The largest absolute Gasteiger partial charge is 0.336 e. The SMILES string of the molecule is CC1CCCCN1C(=O)c1ccc(Cl)c(S(=O)(=O)N(C)C)c1. The van der Waals surface area contributed by atoms with Crippen LogP contribution in [0.3, 0.4) is 0 Å². The molecule has 1 aliphatic heterocycles. The second-order valence-corrected chi connectivity index (χ2v) is 8.30. The summed E-state index contributed by atoms with van der Waals surface area (Å²) in [4.78, 5) is 14.4. The van der Waals surface area contributed by atoms with Gasteiger partial charge in [-0.05, 0) is 44.4 Å². The summed E-state index contributed by atoms with van der Waals surface area (Å²) in [6.07, 6.45) is 3.07. The predicted molar refractivity (Wildman–Crippen MR) is 86.7 cm³/mol. The summed E-state index contributed by atoms with van der Waals surface area (Å²) >= 11 is 6.01. The molecule has 0 bridgehead atoms. The number of rotatable bonds is 3. The molecule has 22 heavy (non-hydrogen) atoms. The minimum Gasteiger partial charge on any atom is -0.336 e. The molecule has 1 atom stereocenters. The molecule has 7 heteroatoms. The first kappa shape index (κ1) is 17.2. The molecule has 0 aromatic heterocycles. The van der Waals surface area contributed by atoms with Crippen LogP contribution in [0, 0.1) is 0 Å². The van der Waals surface area contributed by atoms with Crippen LogP contribution >= 0.6 is 11.6 Å². The Morgan fingerprint density at radius 3 is 2.59 bits per heavy atom. The maximum Gasteiger partial charge on any atom is 0.254 e. The fraction of sp³-hybridized carbons (Fsp3) is 0.533. The molecule has 1 heterocycles. The number of halogens is 1. The first-order chi connectivity index (χ1) is 10.2. The molecule has 1 amide bonds. The second kappa shape index (κ2) is 6.56. The zero-order valence-corrected chi connectivity index (χ0v) is 14.6. The molecule has 0 aliphatic carbocycles. The van der Waals surface area contributed by atoms with Crippen molar-refractivity contribution >= 4 is 27.5 Å². The van der Waals surface area contributed by atoms with Gasteiger partial charge in [-0.25, -0.2) is 12.7 Å². The van der Waals surface area contributed by atoms with E-state index < -0.39 is 10.0 Å². The Hall–Kier alpha value is -1.11. The van der Waals surface area contributed by atoms with E-state index in [0.717, 1.165) is 23.6 Å². The number of benzene rings is 1. The molecule has 1 aromatic rings. The van der Waals surface area contributed by atoms with Crippen LogP contribution in [0.5, 0.6) is 0 Å². The van der Waals surface area contributed by atoms with E-state index in [1.807, 2.05) is 6.92 Å². The van der Waals surface area contributed by atoms with E-state index in [-0.39, 0.29) is 21.9 Å². The van der Waals surface area contributed by atoms with Gasteiger partial charge in [0.15, 0.2) is 0 Å². The molecule has 1 unspecified atom stereocenters. The Labute approximate surface area is 136 Å². The van der Waals surface area contributed by atoms with E-state index in [1.54, 1.807) is 11.0 Å². The smallest absolute Gasteiger partial charge is 0.254 e. The highest BCUT2D eigenvalue weighted by molar-refractivity contribution is 7.89. The molecule has 0 spiro atoms. The van der Waals surface area contributed by atoms with Gasteiger partial charge in [0.1, 0.15) is 4.90 Å². The highest BCUT2D eigenvalue weighted by atomic mass is 35.5. The van der Waals surface area contributed by atoms with E-state index in [4.69, 9.17) is 11.6 Å². The summed E-state index contributed by atoms with van der Waals surface area (Å²) in [5.74, 6) is -0.140. The van der Waals surface area contributed by atoms with Crippen LogP contribution < -0.4 is 0 Å². The molecule has 1 saturated heterocycles. The summed E-state index contributed by atoms with van der Waals surface area (Å²) in [7, 11) is -0.802. The van der Waals surface area contributed by atoms with Crippen LogP contribution in [-0.4, -0.2) is 50.2 Å². The first-order valence-corrected chi connectivity index (χ1v) is 9.10. The van der Waals surface area contributed by atoms with Crippen molar-refractivity contribution in [1.29, 1.82) is 0 Å². The Bertz CT molecular complexity index is 673. The Kier molecular flexibility index (Phi) is 5.14. The highest BCUT2D eigenvalue weighted by Crippen LogP contribution is 2.26. The number of likely N-dealkylation sites (tertiary alicyclic amines) is 1. The molecular weight excluding hydrogens is 324 g/mol. The molecule has 2 rings (SSSR count). The van der Waals surface area contributed by atoms with Gasteiger partial charge in [-0.1, -0.05) is 11.6 Å². The quantitative estimate of drug-likeness (QED) is 0.846. The minimum absolute atomic E-state index is 0.0327. The molecular formula is C15H21ClN2O3S. The number of hydrogen-bond acceptors (Lipinski definition) is 3. The van der Waals surface area contributed by atoms with Crippen molar-refractivity contribution < 1.29 is 13.2 Å². The minimum atomic E-state index is -3.68. The lowest BCUT2D eigenvalue weighted by Crippen LogP contribution is -2.42. The van der Waals surface area contributed by atoms with Crippen LogP contribution in [0.4, 0.5) is 0 Å². The average molecular weight is 345 g/mol. The van der Waals surface area contributed by atoms with Gasteiger partial charge >= 0.3 is 0 Å². The fourth-order valence-corrected chi connectivity index (χ4v) is 3.99. The van der Waals surface area contributed by atoms with Crippen molar-refractivity contribution in [3.8, 4) is 0 Å². The van der Waals surface area contributed by atoms with Crippen molar-refractivity contribution in [2.24, 2.45) is 0 Å². The normalized spacial score (nSPS) is 19.5. The van der Waals surface area contributed by atoms with Gasteiger partial charge in [-0.15, -0.1) is 0 Å². The van der Waals surface area contributed by atoms with Crippen LogP contribution in [-0.2, 0) is 10.0 Å². The molecule has 122 valence electrons. The van der Waals surface area contributed by atoms with Crippen LogP contribution in [0.2, 0.25) is 5.02 Å². The zero-order chi connectivity index (χ0) is 16.5. The standard InChI is InChI=1S/C15H21ClN2O3S/c1-11-6-4-5-9-18(11)15(19)12-7-8-13(16)14(10-12)22(20,21)17(2)3/h7-8,10-11H,4-6,9H2,1-3H3. The Balaban J connectivity index is 2.39. The number of nitrogens with zero attached hydrogens (tertiary/aromatic N) is 2. The predicted octanol–water partition coefficient (Wildman–Crippen LogP) is 2.60. The highest BCUT2D eigenvalue weighted by Gasteiger charge is 2.27. The average Bonchev–Trinajstić information content (AvgIpc) is 2.47. The Morgan fingerprint density at radius 2 is 2.00 bits per heavy atom. The van der Waals surface area contributed by atoms with Crippen molar-refractivity contribution in [1.82, 2.24) is 9.21 Å². The summed E-state index contributed by atoms with van der Waals surface area (Å²) in [6.45, 7) is 2.73. The molecule has 1 aliphatic rings. The number of sulfonamides is 1. The molecule has 0 radical (unpaired) electrons. The maximum absolute atomic E-state index is 12.6. The number of hydrogen-bond donors (Lipinski definition) is 0. The van der Waals surface area contributed by atoms with E-state index in [9.17, 15) is 13.2 Å². The van der Waals surface area contributed by atoms with E-state index in [2.05, 4.69) is 0 Å². The van der Waals surface area contributed by atoms with Gasteiger partial charge in [0.25, 0.3) is 5.91 Å². The van der Waals surface area contributed by atoms with Crippen molar-refractivity contribution in [2.45, 2.75) is 37.1 Å². The Morgan fingerprint density at radius 1 is 1.32 bits per heavy atom. The van der Waals surface area contributed by atoms with E-state index >= 15 is 0 Å². The molecule has 0 saturated carbocycles. The van der Waals surface area contributed by atoms with Gasteiger partial charge < -0.3 is 4.90 Å². The third-order valence-electron chi connectivity index (χ3n) is 4.00.